The molecule has 7 atom stereocenters. The number of nitrogens with one attached hydrogen (secondary N) is 3. The molecule has 4 rings (SSSR count). The lowest BCUT2D eigenvalue weighted by Crippen LogP contribution is -2.60. The molecule has 16 nitrogen and oxygen atoms in total. The smallest absolute Gasteiger partial charge is 0.391 e. The van der Waals surface area contributed by atoms with Crippen molar-refractivity contribution >= 4 is 63.9 Å². The standard InChI is InChI=1S/C50H63ClF6N8O8/c1-28(2)22-36-46(70)62(6)30(5)48(72)73-41(14-11-21-58)44(68)61-37(25-50(55,56)57)47(71)63(7)39(23-29(3)4)42(66)59-35(19-20-49(52,53)54)45(69)64(8)40(43(67)60-36)24-32-27-65(38-13-10-9-12-34(32)38)26-31-15-17-33(51)18-16-31/h9-10,12-13,15-18,27-30,35-37,39-41H,11,14,19-20,22-26H2,1-8H3,(H,59,66)(H,60,67)(H,61,68)/t30-,35-,36-,37-,39-,40-,41+/m0/s1. The van der Waals surface area contributed by atoms with E-state index in [0.29, 0.717) is 32.9 Å². The van der Waals surface area contributed by atoms with Gasteiger partial charge in [-0.05, 0) is 67.3 Å². The van der Waals surface area contributed by atoms with Crippen LogP contribution in [0.1, 0.15) is 90.7 Å². The van der Waals surface area contributed by atoms with E-state index in [4.69, 9.17) is 16.3 Å². The van der Waals surface area contributed by atoms with Crippen LogP contribution in [0.3, 0.4) is 0 Å². The number of carbonyl (C=O) groups excluding carboxylic acids is 7. The molecule has 0 radical (unpaired) electrons. The van der Waals surface area contributed by atoms with Gasteiger partial charge in [0.25, 0.3) is 5.91 Å². The molecular weight excluding hydrogens is 990 g/mol. The van der Waals surface area contributed by atoms with Crippen molar-refractivity contribution in [1.29, 1.82) is 5.26 Å². The SMILES string of the molecule is CC(C)C[C@@H]1NC(=O)[C@H](Cc2cn(Cc3ccc(Cl)cc3)c3ccccc23)N(C)C(=O)[C@H](CCC(F)(F)F)NC(=O)[C@H](CC(C)C)N(C)C(=O)[C@H](CC(F)(F)F)NC(=O)[C@@H](CCC#N)OC(=O)[C@H](C)N(C)C1=O. The van der Waals surface area contributed by atoms with Gasteiger partial charge in [0.15, 0.2) is 6.10 Å². The number of hydrogen-bond acceptors (Lipinski definition) is 9. The van der Waals surface area contributed by atoms with E-state index in [1.807, 2.05) is 28.1 Å². The second-order valence-corrected chi connectivity index (χ2v) is 19.7. The molecule has 3 aromatic rings. The Kier molecular flexibility index (Phi) is 20.7. The van der Waals surface area contributed by atoms with Gasteiger partial charge in [-0.15, -0.1) is 0 Å². The van der Waals surface area contributed by atoms with E-state index in [9.17, 15) is 65.2 Å². The van der Waals surface area contributed by atoms with E-state index in [0.717, 1.165) is 29.5 Å². The highest BCUT2D eigenvalue weighted by atomic mass is 35.5. The van der Waals surface area contributed by atoms with Crippen molar-refractivity contribution in [3.05, 3.63) is 70.9 Å². The zero-order valence-corrected chi connectivity index (χ0v) is 42.7. The fourth-order valence-electron chi connectivity index (χ4n) is 8.47. The number of aromatic nitrogens is 1. The van der Waals surface area contributed by atoms with Gasteiger partial charge in [-0.3, -0.25) is 28.8 Å². The van der Waals surface area contributed by atoms with E-state index in [1.165, 1.54) is 14.0 Å². The van der Waals surface area contributed by atoms with E-state index in [1.54, 1.807) is 70.3 Å². The Balaban J connectivity index is 1.95. The monoisotopic (exact) mass is 1050 g/mol. The van der Waals surface area contributed by atoms with Crippen molar-refractivity contribution in [2.45, 2.75) is 147 Å². The van der Waals surface area contributed by atoms with Crippen molar-refractivity contribution in [2.24, 2.45) is 11.8 Å². The van der Waals surface area contributed by atoms with Crippen LogP contribution in [0.15, 0.2) is 54.7 Å². The topological polar surface area (TPSA) is 203 Å². The summed E-state index contributed by atoms with van der Waals surface area (Å²) in [6.07, 6.45) is -16.6. The van der Waals surface area contributed by atoms with Crippen LogP contribution in [-0.2, 0) is 51.3 Å². The number of carbonyl (C=O) groups is 7. The fraction of sp³-hybridized carbons (Fsp3) is 0.560. The first-order valence-corrected chi connectivity index (χ1v) is 24.1. The Morgan fingerprint density at radius 2 is 1.25 bits per heavy atom. The average molecular weight is 1050 g/mol. The minimum atomic E-state index is -5.13. The number of esters is 1. The number of amides is 6. The van der Waals surface area contributed by atoms with Gasteiger partial charge in [0, 0.05) is 75.5 Å². The van der Waals surface area contributed by atoms with Gasteiger partial charge in [0.2, 0.25) is 29.5 Å². The Morgan fingerprint density at radius 3 is 1.84 bits per heavy atom. The minimum absolute atomic E-state index is 0.0572. The van der Waals surface area contributed by atoms with Gasteiger partial charge in [-0.1, -0.05) is 69.6 Å². The molecule has 2 aromatic carbocycles. The van der Waals surface area contributed by atoms with Crippen LogP contribution in [0.2, 0.25) is 5.02 Å². The molecule has 400 valence electrons. The lowest BCUT2D eigenvalue weighted by molar-refractivity contribution is -0.166. The molecule has 1 saturated heterocycles. The summed E-state index contributed by atoms with van der Waals surface area (Å²) in [5, 5.41) is 17.4. The van der Waals surface area contributed by atoms with Gasteiger partial charge in [-0.25, -0.2) is 4.79 Å². The summed E-state index contributed by atoms with van der Waals surface area (Å²) in [7, 11) is 3.27. The number of nitriles is 1. The highest BCUT2D eigenvalue weighted by Crippen LogP contribution is 2.29. The van der Waals surface area contributed by atoms with Gasteiger partial charge >= 0.3 is 18.3 Å². The molecule has 0 aliphatic carbocycles. The third kappa shape index (κ3) is 16.8. The number of fused-ring (bicyclic) bond motifs is 1. The lowest BCUT2D eigenvalue weighted by Gasteiger charge is -2.35. The number of halogens is 7. The van der Waals surface area contributed by atoms with Crippen molar-refractivity contribution in [3.63, 3.8) is 0 Å². The minimum Gasteiger partial charge on any atom is -0.451 e. The molecule has 1 aliphatic rings. The number of hydrogen-bond donors (Lipinski definition) is 3. The molecule has 1 aliphatic heterocycles. The molecule has 0 bridgehead atoms. The predicted octanol–water partition coefficient (Wildman–Crippen LogP) is 6.46. The number of nitrogens with zero attached hydrogens (tertiary/aromatic N) is 5. The van der Waals surface area contributed by atoms with Crippen molar-refractivity contribution in [3.8, 4) is 6.07 Å². The second-order valence-electron chi connectivity index (χ2n) is 19.2. The van der Waals surface area contributed by atoms with E-state index >= 15 is 0 Å². The molecular formula is C50H63ClF6N8O8. The summed E-state index contributed by atoms with van der Waals surface area (Å²) in [5.74, 6) is -9.24. The highest BCUT2D eigenvalue weighted by molar-refractivity contribution is 6.30. The largest absolute Gasteiger partial charge is 0.451 e. The van der Waals surface area contributed by atoms with Crippen LogP contribution in [0.4, 0.5) is 26.3 Å². The van der Waals surface area contributed by atoms with Crippen molar-refractivity contribution in [2.75, 3.05) is 21.1 Å². The van der Waals surface area contributed by atoms with Crippen LogP contribution < -0.4 is 16.0 Å². The van der Waals surface area contributed by atoms with E-state index in [-0.39, 0.29) is 25.2 Å². The summed E-state index contributed by atoms with van der Waals surface area (Å²) < 4.78 is 92.0. The summed E-state index contributed by atoms with van der Waals surface area (Å²) in [6.45, 7) is 8.16. The molecule has 1 fully saturated rings. The fourth-order valence-corrected chi connectivity index (χ4v) is 8.59. The molecule has 2 heterocycles. The molecule has 73 heavy (non-hydrogen) atoms. The molecule has 0 unspecified atom stereocenters. The van der Waals surface area contributed by atoms with E-state index < -0.39 is 134 Å². The van der Waals surface area contributed by atoms with Gasteiger partial charge in [0.1, 0.15) is 36.3 Å². The number of alkyl halides is 6. The van der Waals surface area contributed by atoms with Crippen LogP contribution >= 0.6 is 11.6 Å². The molecule has 3 N–H and O–H groups in total. The van der Waals surface area contributed by atoms with Crippen molar-refractivity contribution in [1.82, 2.24) is 35.2 Å². The maximum atomic E-state index is 14.9. The molecule has 0 saturated carbocycles. The molecule has 0 spiro atoms. The molecule has 23 heteroatoms. The second kappa shape index (κ2) is 25.5. The Morgan fingerprint density at radius 1 is 0.699 bits per heavy atom. The maximum Gasteiger partial charge on any atom is 0.391 e. The predicted molar refractivity (Wildman–Crippen MR) is 257 cm³/mol. The highest BCUT2D eigenvalue weighted by Gasteiger charge is 2.44. The first-order chi connectivity index (χ1) is 34.0. The molecule has 6 amide bonds. The Hall–Kier alpha value is -6.37. The Bertz CT molecular complexity index is 2490. The van der Waals surface area contributed by atoms with Gasteiger partial charge < -0.3 is 40.0 Å². The molecule has 1 aromatic heterocycles. The van der Waals surface area contributed by atoms with Crippen LogP contribution in [0.5, 0.6) is 0 Å². The normalized spacial score (nSPS) is 23.0. The summed E-state index contributed by atoms with van der Waals surface area (Å²) in [4.78, 5) is 102. The summed E-state index contributed by atoms with van der Waals surface area (Å²) in [5.41, 5.74) is 2.04. The Labute approximate surface area is 425 Å². The first kappa shape index (κ1) is 59.2. The van der Waals surface area contributed by atoms with Crippen LogP contribution in [0.25, 0.3) is 10.9 Å². The van der Waals surface area contributed by atoms with Gasteiger partial charge in [0.05, 0.1) is 12.5 Å². The van der Waals surface area contributed by atoms with Crippen LogP contribution in [-0.4, -0.2) is 137 Å². The van der Waals surface area contributed by atoms with E-state index in [2.05, 4.69) is 10.6 Å². The van der Waals surface area contributed by atoms with Crippen molar-refractivity contribution < 1.29 is 64.6 Å². The summed E-state index contributed by atoms with van der Waals surface area (Å²) in [6, 6.07) is 5.04. The third-order valence-corrected chi connectivity index (χ3v) is 12.8. The number of cyclic esters (lactones) is 1. The number of benzene rings is 2. The average Bonchev–Trinajstić information content (AvgIpc) is 3.65. The quantitative estimate of drug-likeness (QED) is 0.127. The number of para-hydroxylation sites is 1. The lowest BCUT2D eigenvalue weighted by atomic mass is 9.98. The van der Waals surface area contributed by atoms with Gasteiger partial charge in [-0.2, -0.15) is 31.6 Å². The zero-order chi connectivity index (χ0) is 54.7. The maximum absolute atomic E-state index is 14.9. The number of likely N-dealkylation sites (N-methyl/N-ethyl adjacent to an activating group) is 3. The third-order valence-electron chi connectivity index (χ3n) is 12.5. The number of ether oxygens (including phenoxy) is 1. The number of rotatable bonds is 13. The summed E-state index contributed by atoms with van der Waals surface area (Å²) >= 11 is 6.14. The zero-order valence-electron chi connectivity index (χ0n) is 41.9. The first-order valence-electron chi connectivity index (χ1n) is 23.7. The van der Waals surface area contributed by atoms with Crippen LogP contribution in [0, 0.1) is 23.2 Å².